The van der Waals surface area contributed by atoms with Gasteiger partial charge in [-0.25, -0.2) is 0 Å². The van der Waals surface area contributed by atoms with Crippen LogP contribution < -0.4 is 4.90 Å². The summed E-state index contributed by atoms with van der Waals surface area (Å²) < 4.78 is 0. The Kier molecular flexibility index (Phi) is 5.06. The van der Waals surface area contributed by atoms with Crippen LogP contribution in [0.1, 0.15) is 49.8 Å². The van der Waals surface area contributed by atoms with Crippen molar-refractivity contribution in [1.82, 2.24) is 0 Å². The Hall–Kier alpha value is -1.95. The maximum absolute atomic E-state index is 9.62. The van der Waals surface area contributed by atoms with Crippen molar-refractivity contribution in [3.05, 3.63) is 63.1 Å². The second kappa shape index (κ2) is 6.99. The molecule has 2 nitrogen and oxygen atoms in total. The first-order valence-electron chi connectivity index (χ1n) is 8.68. The number of anilines is 1. The van der Waals surface area contributed by atoms with Gasteiger partial charge < -0.3 is 4.90 Å². The van der Waals surface area contributed by atoms with E-state index in [1.54, 1.807) is 18.2 Å². The molecular weight excluding hydrogens is 363 g/mol. The normalized spacial score (nSPS) is 19.0. The second-order valence-electron chi connectivity index (χ2n) is 7.59. The van der Waals surface area contributed by atoms with Gasteiger partial charge in [-0.15, -0.1) is 0 Å². The molecule has 26 heavy (non-hydrogen) atoms. The number of rotatable bonds is 2. The maximum Gasteiger partial charge on any atom is 0.0998 e. The van der Waals surface area contributed by atoms with Crippen molar-refractivity contribution < 1.29 is 0 Å². The molecule has 0 spiro atoms. The molecule has 0 aliphatic carbocycles. The zero-order valence-electron chi connectivity index (χ0n) is 15.5. The van der Waals surface area contributed by atoms with Gasteiger partial charge in [0.1, 0.15) is 0 Å². The minimum absolute atomic E-state index is 0.137. The van der Waals surface area contributed by atoms with Crippen molar-refractivity contribution >= 4 is 40.5 Å². The van der Waals surface area contributed by atoms with Crippen LogP contribution >= 0.6 is 23.2 Å². The number of hydrogen-bond acceptors (Lipinski definition) is 2. The molecule has 0 N–H and O–H groups in total. The van der Waals surface area contributed by atoms with Gasteiger partial charge in [0.25, 0.3) is 0 Å². The van der Waals surface area contributed by atoms with Crippen molar-refractivity contribution in [2.45, 2.75) is 38.6 Å². The molecule has 2 aromatic rings. The summed E-state index contributed by atoms with van der Waals surface area (Å²) in [4.78, 5) is 2.34. The summed E-state index contributed by atoms with van der Waals surface area (Å²) in [6, 6.07) is 13.9. The number of nitriles is 1. The van der Waals surface area contributed by atoms with Gasteiger partial charge in [-0.3, -0.25) is 0 Å². The van der Waals surface area contributed by atoms with E-state index in [2.05, 4.69) is 57.0 Å². The first-order chi connectivity index (χ1) is 12.2. The lowest BCUT2D eigenvalue weighted by Crippen LogP contribution is -2.45. The lowest BCUT2D eigenvalue weighted by atomic mass is 9.80. The van der Waals surface area contributed by atoms with E-state index >= 15 is 0 Å². The Bertz CT molecular complexity index is 922. The van der Waals surface area contributed by atoms with Gasteiger partial charge in [-0.2, -0.15) is 5.26 Å². The van der Waals surface area contributed by atoms with E-state index < -0.39 is 0 Å². The van der Waals surface area contributed by atoms with Gasteiger partial charge in [0.05, 0.1) is 16.7 Å². The highest BCUT2D eigenvalue weighted by molar-refractivity contribution is 6.36. The molecule has 1 atom stereocenters. The lowest BCUT2D eigenvalue weighted by molar-refractivity contribution is 0.395. The number of fused-ring (bicyclic) bond motifs is 1. The molecule has 0 amide bonds. The monoisotopic (exact) mass is 384 g/mol. The topological polar surface area (TPSA) is 27.0 Å². The number of halogens is 2. The number of hydrogen-bond donors (Lipinski definition) is 0. The van der Waals surface area contributed by atoms with Gasteiger partial charge >= 0.3 is 0 Å². The number of allylic oxidation sites excluding steroid dienone is 1. The Labute approximate surface area is 165 Å². The van der Waals surface area contributed by atoms with E-state index in [9.17, 15) is 5.26 Å². The van der Waals surface area contributed by atoms with Crippen LogP contribution in [0.2, 0.25) is 10.0 Å². The van der Waals surface area contributed by atoms with E-state index in [4.69, 9.17) is 23.2 Å². The summed E-state index contributed by atoms with van der Waals surface area (Å²) in [5.74, 6) is 0.467. The van der Waals surface area contributed by atoms with E-state index in [-0.39, 0.29) is 5.54 Å². The summed E-state index contributed by atoms with van der Waals surface area (Å²) in [6.07, 6.45) is 2.99. The summed E-state index contributed by atoms with van der Waals surface area (Å²) in [5.41, 5.74) is 4.95. The molecule has 4 heteroatoms. The Morgan fingerprint density at radius 3 is 2.62 bits per heavy atom. The highest BCUT2D eigenvalue weighted by atomic mass is 35.5. The lowest BCUT2D eigenvalue weighted by Gasteiger charge is -2.45. The van der Waals surface area contributed by atoms with Crippen LogP contribution in [0.5, 0.6) is 0 Å². The fourth-order valence-corrected chi connectivity index (χ4v) is 4.24. The zero-order chi connectivity index (χ0) is 19.1. The molecule has 0 aromatic heterocycles. The maximum atomic E-state index is 9.62. The van der Waals surface area contributed by atoms with E-state index in [1.807, 2.05) is 6.08 Å². The molecule has 1 aliphatic rings. The van der Waals surface area contributed by atoms with Gasteiger partial charge in [-0.1, -0.05) is 42.3 Å². The van der Waals surface area contributed by atoms with Crippen molar-refractivity contribution in [2.75, 3.05) is 11.9 Å². The van der Waals surface area contributed by atoms with Crippen LogP contribution in [-0.2, 0) is 0 Å². The largest absolute Gasteiger partial charge is 0.369 e. The summed E-state index contributed by atoms with van der Waals surface area (Å²) in [5, 5.41) is 10.7. The standard InChI is InChI=1S/C22H22Cl2N2/c1-14-12-22(2,3)26(4)21-8-5-15(10-19(14)21)9-16(13-25)18-7-6-17(23)11-20(18)24/h5-11,14H,12H2,1-4H3/b16-9+. The van der Waals surface area contributed by atoms with Gasteiger partial charge in [-0.05, 0) is 67.7 Å². The number of benzene rings is 2. The Balaban J connectivity index is 2.04. The van der Waals surface area contributed by atoms with Crippen molar-refractivity contribution in [2.24, 2.45) is 0 Å². The average molecular weight is 385 g/mol. The van der Waals surface area contributed by atoms with E-state index in [1.165, 1.54) is 11.3 Å². The smallest absolute Gasteiger partial charge is 0.0998 e. The predicted molar refractivity (Wildman–Crippen MR) is 112 cm³/mol. The van der Waals surface area contributed by atoms with E-state index in [0.29, 0.717) is 27.1 Å². The molecule has 1 heterocycles. The molecule has 134 valence electrons. The molecule has 0 fully saturated rings. The first-order valence-corrected chi connectivity index (χ1v) is 9.43. The van der Waals surface area contributed by atoms with Crippen molar-refractivity contribution in [1.29, 1.82) is 5.26 Å². The van der Waals surface area contributed by atoms with Crippen LogP contribution in [0, 0.1) is 11.3 Å². The number of nitrogens with zero attached hydrogens (tertiary/aromatic N) is 2. The minimum atomic E-state index is 0.137. The van der Waals surface area contributed by atoms with Gasteiger partial charge in [0.2, 0.25) is 0 Å². The summed E-state index contributed by atoms with van der Waals surface area (Å²) in [6.45, 7) is 6.81. The molecule has 1 aliphatic heterocycles. The molecule has 1 unspecified atom stereocenters. The molecule has 2 aromatic carbocycles. The summed E-state index contributed by atoms with van der Waals surface area (Å²) in [7, 11) is 2.15. The Morgan fingerprint density at radius 1 is 1.23 bits per heavy atom. The van der Waals surface area contributed by atoms with Crippen molar-refractivity contribution in [3.8, 4) is 6.07 Å². The predicted octanol–water partition coefficient (Wildman–Crippen LogP) is 6.78. The van der Waals surface area contributed by atoms with Gasteiger partial charge in [0, 0.05) is 28.9 Å². The minimum Gasteiger partial charge on any atom is -0.369 e. The molecule has 0 radical (unpaired) electrons. The van der Waals surface area contributed by atoms with Crippen LogP contribution in [0.15, 0.2) is 36.4 Å². The zero-order valence-corrected chi connectivity index (χ0v) is 17.0. The van der Waals surface area contributed by atoms with Crippen LogP contribution in [0.25, 0.3) is 11.6 Å². The average Bonchev–Trinajstić information content (AvgIpc) is 2.58. The molecule has 0 bridgehead atoms. The third-order valence-electron chi connectivity index (χ3n) is 5.31. The Morgan fingerprint density at radius 2 is 1.96 bits per heavy atom. The third-order valence-corrected chi connectivity index (χ3v) is 5.86. The molecule has 0 saturated carbocycles. The first kappa shape index (κ1) is 18.8. The molecular formula is C22H22Cl2N2. The second-order valence-corrected chi connectivity index (χ2v) is 8.43. The SMILES string of the molecule is CC1CC(C)(C)N(C)c2ccc(/C=C(\C#N)c3ccc(Cl)cc3Cl)cc21. The van der Waals surface area contributed by atoms with Crippen LogP contribution in [-0.4, -0.2) is 12.6 Å². The van der Waals surface area contributed by atoms with Crippen LogP contribution in [0.4, 0.5) is 5.69 Å². The van der Waals surface area contributed by atoms with Gasteiger partial charge in [0.15, 0.2) is 0 Å². The fraction of sp³-hybridized carbons (Fsp3) is 0.318. The van der Waals surface area contributed by atoms with Crippen molar-refractivity contribution in [3.63, 3.8) is 0 Å². The molecule has 0 saturated heterocycles. The fourth-order valence-electron chi connectivity index (χ4n) is 3.73. The molecule has 3 rings (SSSR count). The highest BCUT2D eigenvalue weighted by Crippen LogP contribution is 2.43. The summed E-state index contributed by atoms with van der Waals surface area (Å²) >= 11 is 12.2. The highest BCUT2D eigenvalue weighted by Gasteiger charge is 2.33. The van der Waals surface area contributed by atoms with E-state index in [0.717, 1.165) is 12.0 Å². The van der Waals surface area contributed by atoms with Crippen LogP contribution in [0.3, 0.4) is 0 Å². The quantitative estimate of drug-likeness (QED) is 0.421. The third kappa shape index (κ3) is 3.47.